The zero-order chi connectivity index (χ0) is 24.1. The van der Waals surface area contributed by atoms with Crippen LogP contribution in [0.1, 0.15) is 65.2 Å². The molecule has 34 heavy (non-hydrogen) atoms. The van der Waals surface area contributed by atoms with Gasteiger partial charge >= 0.3 is 0 Å². The van der Waals surface area contributed by atoms with Gasteiger partial charge < -0.3 is 25.7 Å². The van der Waals surface area contributed by atoms with E-state index < -0.39 is 0 Å². The van der Waals surface area contributed by atoms with E-state index in [0.717, 1.165) is 44.6 Å². The number of rotatable bonds is 3. The average molecular weight is 464 g/mol. The maximum Gasteiger partial charge on any atom is 0.253 e. The molecule has 1 spiro atoms. The molecule has 0 bridgehead atoms. The minimum Gasteiger partial charge on any atom is -0.504 e. The van der Waals surface area contributed by atoms with Crippen molar-refractivity contribution in [1.29, 1.82) is 0 Å². The first kappa shape index (κ1) is 24.3. The maximum absolute atomic E-state index is 13.0. The standard InChI is InChI=1S/C20H29N3O.C8H8O2/c1-21-18-5-4-15-2-3-16(14-17(15)18)19(24)23-12-8-20(9-13-23)6-10-22-11-7-20;1-2-6-4-3-5-7(9)8(6)10/h2-3,14,18,21-22H,4-13H2,1H3;2-5,9-10H,1H2. The second-order valence-electron chi connectivity index (χ2n) is 9.75. The first-order chi connectivity index (χ1) is 16.5. The number of nitrogens with zero attached hydrogens (tertiary/aromatic N) is 1. The summed E-state index contributed by atoms with van der Waals surface area (Å²) in [5, 5.41) is 24.8. The third kappa shape index (κ3) is 5.13. The number of phenolic OH excluding ortho intramolecular Hbond substituents is 2. The number of hydrogen-bond donors (Lipinski definition) is 4. The van der Waals surface area contributed by atoms with Crippen LogP contribution in [0.5, 0.6) is 11.5 Å². The van der Waals surface area contributed by atoms with Gasteiger partial charge in [-0.1, -0.05) is 30.9 Å². The molecule has 1 atom stereocenters. The zero-order valence-corrected chi connectivity index (χ0v) is 20.1. The molecule has 2 aromatic rings. The Bertz CT molecular complexity index is 1020. The van der Waals surface area contributed by atoms with Crippen molar-refractivity contribution in [3.05, 3.63) is 65.2 Å². The molecule has 2 saturated heterocycles. The highest BCUT2D eigenvalue weighted by molar-refractivity contribution is 5.94. The van der Waals surface area contributed by atoms with Crippen molar-refractivity contribution in [3.8, 4) is 11.5 Å². The summed E-state index contributed by atoms with van der Waals surface area (Å²) in [4.78, 5) is 15.0. The van der Waals surface area contributed by atoms with Crippen LogP contribution >= 0.6 is 0 Å². The Morgan fingerprint density at radius 3 is 2.53 bits per heavy atom. The van der Waals surface area contributed by atoms with E-state index in [9.17, 15) is 4.79 Å². The van der Waals surface area contributed by atoms with Gasteiger partial charge in [0.15, 0.2) is 11.5 Å². The summed E-state index contributed by atoms with van der Waals surface area (Å²) < 4.78 is 0. The molecule has 2 heterocycles. The van der Waals surface area contributed by atoms with Crippen molar-refractivity contribution in [2.24, 2.45) is 5.41 Å². The van der Waals surface area contributed by atoms with Gasteiger partial charge in [0.05, 0.1) is 0 Å². The molecule has 6 heteroatoms. The van der Waals surface area contributed by atoms with Crippen molar-refractivity contribution in [1.82, 2.24) is 15.5 Å². The number of fused-ring (bicyclic) bond motifs is 1. The van der Waals surface area contributed by atoms with Crippen LogP contribution < -0.4 is 10.6 Å². The Morgan fingerprint density at radius 1 is 1.15 bits per heavy atom. The van der Waals surface area contributed by atoms with Crippen LogP contribution in [0.4, 0.5) is 0 Å². The molecular weight excluding hydrogens is 426 g/mol. The van der Waals surface area contributed by atoms with Crippen LogP contribution in [0.15, 0.2) is 43.0 Å². The fourth-order valence-corrected chi connectivity index (χ4v) is 5.57. The third-order valence-corrected chi connectivity index (χ3v) is 7.86. The Morgan fingerprint density at radius 2 is 1.88 bits per heavy atom. The van der Waals surface area contributed by atoms with Crippen LogP contribution in [0.3, 0.4) is 0 Å². The fraction of sp³-hybridized carbons (Fsp3) is 0.464. The number of hydrogen-bond acceptors (Lipinski definition) is 5. The molecule has 2 fully saturated rings. The highest BCUT2D eigenvalue weighted by Gasteiger charge is 2.37. The summed E-state index contributed by atoms with van der Waals surface area (Å²) >= 11 is 0. The first-order valence-corrected chi connectivity index (χ1v) is 12.4. The first-order valence-electron chi connectivity index (χ1n) is 12.4. The van der Waals surface area contributed by atoms with Gasteiger partial charge in [-0.15, -0.1) is 0 Å². The molecule has 1 unspecified atom stereocenters. The van der Waals surface area contributed by atoms with Gasteiger partial charge in [-0.2, -0.15) is 0 Å². The van der Waals surface area contributed by atoms with E-state index in [2.05, 4.69) is 34.2 Å². The third-order valence-electron chi connectivity index (χ3n) is 7.86. The smallest absolute Gasteiger partial charge is 0.253 e. The average Bonchev–Trinajstić information content (AvgIpc) is 3.29. The lowest BCUT2D eigenvalue weighted by Gasteiger charge is -2.44. The van der Waals surface area contributed by atoms with E-state index in [0.29, 0.717) is 17.0 Å². The highest BCUT2D eigenvalue weighted by atomic mass is 16.3. The molecule has 182 valence electrons. The van der Waals surface area contributed by atoms with Crippen LogP contribution in [0.2, 0.25) is 0 Å². The van der Waals surface area contributed by atoms with Gasteiger partial charge in [-0.05, 0) is 93.4 Å². The Labute approximate surface area is 202 Å². The molecule has 2 aromatic carbocycles. The minimum absolute atomic E-state index is 0.113. The Kier molecular flexibility index (Phi) is 7.59. The van der Waals surface area contributed by atoms with E-state index in [1.54, 1.807) is 12.1 Å². The van der Waals surface area contributed by atoms with Gasteiger partial charge in [-0.25, -0.2) is 0 Å². The second kappa shape index (κ2) is 10.6. The summed E-state index contributed by atoms with van der Waals surface area (Å²) in [5.41, 5.74) is 4.64. The summed E-state index contributed by atoms with van der Waals surface area (Å²) in [5.74, 6) is -0.00163. The largest absolute Gasteiger partial charge is 0.504 e. The van der Waals surface area contributed by atoms with E-state index in [1.165, 1.54) is 49.0 Å². The molecule has 1 amide bonds. The number of piperidine rings is 2. The topological polar surface area (TPSA) is 84.8 Å². The zero-order valence-electron chi connectivity index (χ0n) is 20.1. The number of phenols is 2. The number of aromatic hydroxyl groups is 2. The molecule has 4 N–H and O–H groups in total. The maximum atomic E-state index is 13.0. The van der Waals surface area contributed by atoms with Crippen molar-refractivity contribution >= 4 is 12.0 Å². The second-order valence-corrected chi connectivity index (χ2v) is 9.75. The lowest BCUT2D eigenvalue weighted by molar-refractivity contribution is 0.0495. The lowest BCUT2D eigenvalue weighted by Crippen LogP contribution is -2.47. The van der Waals surface area contributed by atoms with Gasteiger partial charge in [0.2, 0.25) is 0 Å². The van der Waals surface area contributed by atoms with Crippen LogP contribution in [-0.4, -0.2) is 54.2 Å². The van der Waals surface area contributed by atoms with Crippen molar-refractivity contribution in [2.75, 3.05) is 33.2 Å². The van der Waals surface area contributed by atoms with Gasteiger partial charge in [0.25, 0.3) is 5.91 Å². The van der Waals surface area contributed by atoms with E-state index in [4.69, 9.17) is 10.2 Å². The minimum atomic E-state index is -0.114. The SMILES string of the molecule is C=Cc1cccc(O)c1O.CNC1CCc2ccc(C(=O)N3CCC4(CCNCC4)CC3)cc21. The van der Waals surface area contributed by atoms with Gasteiger partial charge in [-0.3, -0.25) is 4.79 Å². The molecule has 0 radical (unpaired) electrons. The predicted molar refractivity (Wildman–Crippen MR) is 136 cm³/mol. The molecule has 0 saturated carbocycles. The number of benzene rings is 2. The van der Waals surface area contributed by atoms with Gasteiger partial charge in [0, 0.05) is 30.3 Å². The number of likely N-dealkylation sites (tertiary alicyclic amines) is 1. The van der Waals surface area contributed by atoms with E-state index in [-0.39, 0.29) is 17.4 Å². The Hall–Kier alpha value is -2.83. The lowest BCUT2D eigenvalue weighted by atomic mass is 9.71. The molecule has 2 aliphatic heterocycles. The number of aryl methyl sites for hydroxylation is 1. The number of amides is 1. The Balaban J connectivity index is 0.000000231. The predicted octanol–water partition coefficient (Wildman–Crippen LogP) is 4.24. The van der Waals surface area contributed by atoms with Crippen molar-refractivity contribution in [2.45, 2.75) is 44.6 Å². The molecular formula is C28H37N3O3. The van der Waals surface area contributed by atoms with Crippen molar-refractivity contribution < 1.29 is 15.0 Å². The number of para-hydroxylation sites is 1. The number of carbonyl (C=O) groups is 1. The quantitative estimate of drug-likeness (QED) is 0.512. The molecule has 1 aliphatic carbocycles. The number of carbonyl (C=O) groups excluding carboxylic acids is 1. The normalized spacial score (nSPS) is 20.9. The highest BCUT2D eigenvalue weighted by Crippen LogP contribution is 2.40. The van der Waals surface area contributed by atoms with Crippen LogP contribution in [-0.2, 0) is 6.42 Å². The summed E-state index contributed by atoms with van der Waals surface area (Å²) in [6.07, 6.45) is 8.64. The fourth-order valence-electron chi connectivity index (χ4n) is 5.57. The van der Waals surface area contributed by atoms with Gasteiger partial charge in [0.1, 0.15) is 0 Å². The summed E-state index contributed by atoms with van der Waals surface area (Å²) in [6, 6.07) is 11.5. The summed E-state index contributed by atoms with van der Waals surface area (Å²) in [6.45, 7) is 7.59. The molecule has 6 nitrogen and oxygen atoms in total. The van der Waals surface area contributed by atoms with Crippen molar-refractivity contribution in [3.63, 3.8) is 0 Å². The monoisotopic (exact) mass is 463 g/mol. The van der Waals surface area contributed by atoms with E-state index in [1.807, 2.05) is 13.1 Å². The number of nitrogens with one attached hydrogen (secondary N) is 2. The molecule has 5 rings (SSSR count). The molecule has 3 aliphatic rings. The van der Waals surface area contributed by atoms with E-state index >= 15 is 0 Å². The summed E-state index contributed by atoms with van der Waals surface area (Å²) in [7, 11) is 2.01. The van der Waals surface area contributed by atoms with Crippen LogP contribution in [0, 0.1) is 5.41 Å². The molecule has 0 aromatic heterocycles. The van der Waals surface area contributed by atoms with Crippen LogP contribution in [0.25, 0.3) is 6.08 Å².